The number of amides is 3. The summed E-state index contributed by atoms with van der Waals surface area (Å²) >= 11 is 0. The van der Waals surface area contributed by atoms with Crippen molar-refractivity contribution in [3.63, 3.8) is 0 Å². The number of hydrogen-bond acceptors (Lipinski definition) is 3. The molecule has 0 radical (unpaired) electrons. The number of rotatable bonds is 7. The number of nitrogens with one attached hydrogen (secondary N) is 2. The van der Waals surface area contributed by atoms with Gasteiger partial charge in [0, 0.05) is 35.5 Å². The number of hydrogen-bond donors (Lipinski definition) is 2. The Morgan fingerprint density at radius 1 is 0.786 bits per heavy atom. The summed E-state index contributed by atoms with van der Waals surface area (Å²) in [7, 11) is 2.03. The van der Waals surface area contributed by atoms with Crippen LogP contribution in [0.5, 0.6) is 0 Å². The van der Waals surface area contributed by atoms with Crippen molar-refractivity contribution in [3.05, 3.63) is 131 Å². The summed E-state index contributed by atoms with van der Waals surface area (Å²) in [5, 5.41) is 1.02. The number of nitrogens with zero attached hydrogens (tertiary/aromatic N) is 2. The van der Waals surface area contributed by atoms with Crippen molar-refractivity contribution < 1.29 is 14.4 Å². The standard InChI is InChI=1S/C35H32N4O3/c1-23-16-19-25(20-17-23)33-32(28-14-8-9-15-29(28)38(33)2)34-26-12-6-7-13-27(26)35(42)39(34)22-31(41)37-36-30(40)21-18-24-10-4-3-5-11-24/h3-17,19-20,34H,18,21-22H2,1-2H3,(H,36,40)(H,37,41). The second kappa shape index (κ2) is 11.4. The molecule has 7 heteroatoms. The van der Waals surface area contributed by atoms with Gasteiger partial charge in [-0.25, -0.2) is 0 Å². The Morgan fingerprint density at radius 3 is 2.24 bits per heavy atom. The largest absolute Gasteiger partial charge is 0.343 e. The Hall–Kier alpha value is -5.17. The highest BCUT2D eigenvalue weighted by molar-refractivity contribution is 6.04. The van der Waals surface area contributed by atoms with Crippen molar-refractivity contribution in [2.24, 2.45) is 7.05 Å². The lowest BCUT2D eigenvalue weighted by Gasteiger charge is -2.26. The van der Waals surface area contributed by atoms with Crippen molar-refractivity contribution in [3.8, 4) is 11.3 Å². The van der Waals surface area contributed by atoms with E-state index >= 15 is 0 Å². The number of para-hydroxylation sites is 1. The zero-order valence-corrected chi connectivity index (χ0v) is 23.6. The van der Waals surface area contributed by atoms with Crippen molar-refractivity contribution in [2.75, 3.05) is 6.54 Å². The van der Waals surface area contributed by atoms with Crippen LogP contribution in [-0.4, -0.2) is 33.7 Å². The van der Waals surface area contributed by atoms with Gasteiger partial charge in [-0.1, -0.05) is 96.6 Å². The average Bonchev–Trinajstić information content (AvgIpc) is 3.46. The lowest BCUT2D eigenvalue weighted by Crippen LogP contribution is -2.47. The molecule has 210 valence electrons. The summed E-state index contributed by atoms with van der Waals surface area (Å²) in [6, 6.07) is 33.2. The maximum Gasteiger partial charge on any atom is 0.258 e. The summed E-state index contributed by atoms with van der Waals surface area (Å²) < 4.78 is 2.16. The maximum absolute atomic E-state index is 13.8. The monoisotopic (exact) mass is 556 g/mol. The van der Waals surface area contributed by atoms with E-state index in [1.165, 1.54) is 0 Å². The minimum atomic E-state index is -0.490. The molecule has 0 saturated carbocycles. The van der Waals surface area contributed by atoms with Gasteiger partial charge in [-0.15, -0.1) is 0 Å². The summed E-state index contributed by atoms with van der Waals surface area (Å²) in [6.07, 6.45) is 0.796. The number of aromatic nitrogens is 1. The number of carbonyl (C=O) groups is 3. The summed E-state index contributed by atoms with van der Waals surface area (Å²) in [5.74, 6) is -0.981. The molecular formula is C35H32N4O3. The van der Waals surface area contributed by atoms with Gasteiger partial charge >= 0.3 is 0 Å². The van der Waals surface area contributed by atoms with E-state index in [4.69, 9.17) is 0 Å². The van der Waals surface area contributed by atoms with Crippen molar-refractivity contribution in [2.45, 2.75) is 25.8 Å². The molecule has 0 fully saturated rings. The molecule has 1 aromatic heterocycles. The Morgan fingerprint density at radius 2 is 1.45 bits per heavy atom. The van der Waals surface area contributed by atoms with Gasteiger partial charge in [-0.05, 0) is 42.2 Å². The van der Waals surface area contributed by atoms with Crippen molar-refractivity contribution in [1.29, 1.82) is 0 Å². The minimum absolute atomic E-state index is 0.215. The highest BCUT2D eigenvalue weighted by Gasteiger charge is 2.41. The fourth-order valence-corrected chi connectivity index (χ4v) is 5.90. The van der Waals surface area contributed by atoms with E-state index in [9.17, 15) is 14.4 Å². The Labute approximate surface area is 244 Å². The maximum atomic E-state index is 13.8. The molecule has 0 bridgehead atoms. The second-order valence-corrected chi connectivity index (χ2v) is 10.7. The van der Waals surface area contributed by atoms with Crippen LogP contribution < -0.4 is 10.9 Å². The highest BCUT2D eigenvalue weighted by Crippen LogP contribution is 2.46. The van der Waals surface area contributed by atoms with E-state index in [1.807, 2.05) is 73.8 Å². The second-order valence-electron chi connectivity index (χ2n) is 10.7. The van der Waals surface area contributed by atoms with Gasteiger partial charge in [0.05, 0.1) is 11.7 Å². The fraction of sp³-hybridized carbons (Fsp3) is 0.171. The fourth-order valence-electron chi connectivity index (χ4n) is 5.90. The van der Waals surface area contributed by atoms with Crippen LogP contribution in [0.2, 0.25) is 0 Å². The smallest absolute Gasteiger partial charge is 0.258 e. The topological polar surface area (TPSA) is 83.4 Å². The normalized spacial score (nSPS) is 14.2. The lowest BCUT2D eigenvalue weighted by atomic mass is 9.93. The molecule has 4 aromatic carbocycles. The Bertz CT molecular complexity index is 1790. The average molecular weight is 557 g/mol. The zero-order valence-electron chi connectivity index (χ0n) is 23.6. The Kier molecular flexibility index (Phi) is 7.32. The molecule has 1 aliphatic rings. The van der Waals surface area contributed by atoms with Crippen LogP contribution in [0, 0.1) is 6.92 Å². The molecule has 1 unspecified atom stereocenters. The summed E-state index contributed by atoms with van der Waals surface area (Å²) in [5.41, 5.74) is 12.7. The molecule has 6 rings (SSSR count). The summed E-state index contributed by atoms with van der Waals surface area (Å²) in [4.78, 5) is 41.0. The number of carbonyl (C=O) groups excluding carboxylic acids is 3. The van der Waals surface area contributed by atoms with E-state index in [0.29, 0.717) is 12.0 Å². The van der Waals surface area contributed by atoms with Crippen LogP contribution in [0.4, 0.5) is 0 Å². The molecule has 5 aromatic rings. The third kappa shape index (κ3) is 5.05. The van der Waals surface area contributed by atoms with Gasteiger partial charge in [0.25, 0.3) is 11.8 Å². The molecule has 7 nitrogen and oxygen atoms in total. The molecule has 1 atom stereocenters. The number of aryl methyl sites for hydroxylation is 3. The van der Waals surface area contributed by atoms with Gasteiger partial charge in [0.2, 0.25) is 5.91 Å². The van der Waals surface area contributed by atoms with Gasteiger partial charge < -0.3 is 9.47 Å². The van der Waals surface area contributed by atoms with Gasteiger partial charge in [0.15, 0.2) is 0 Å². The van der Waals surface area contributed by atoms with Gasteiger partial charge in [-0.3, -0.25) is 25.2 Å². The van der Waals surface area contributed by atoms with Crippen molar-refractivity contribution >= 4 is 28.6 Å². The van der Waals surface area contributed by atoms with E-state index in [0.717, 1.165) is 44.4 Å². The summed E-state index contributed by atoms with van der Waals surface area (Å²) in [6.45, 7) is 1.84. The molecule has 2 heterocycles. The number of fused-ring (bicyclic) bond motifs is 2. The molecule has 0 spiro atoms. The lowest BCUT2D eigenvalue weighted by molar-refractivity contribution is -0.129. The van der Waals surface area contributed by atoms with Crippen LogP contribution in [0.1, 0.15) is 45.1 Å². The van der Waals surface area contributed by atoms with Crippen LogP contribution in [0.25, 0.3) is 22.2 Å². The highest BCUT2D eigenvalue weighted by atomic mass is 16.2. The molecular weight excluding hydrogens is 524 g/mol. The van der Waals surface area contributed by atoms with E-state index in [1.54, 1.807) is 4.90 Å². The Balaban J connectivity index is 1.32. The van der Waals surface area contributed by atoms with E-state index in [-0.39, 0.29) is 24.8 Å². The first-order valence-corrected chi connectivity index (χ1v) is 14.1. The van der Waals surface area contributed by atoms with Crippen LogP contribution in [0.15, 0.2) is 103 Å². The predicted molar refractivity (Wildman–Crippen MR) is 163 cm³/mol. The quantitative estimate of drug-likeness (QED) is 0.261. The van der Waals surface area contributed by atoms with E-state index in [2.05, 4.69) is 58.7 Å². The molecule has 42 heavy (non-hydrogen) atoms. The molecule has 0 saturated heterocycles. The molecule has 2 N–H and O–H groups in total. The first-order valence-electron chi connectivity index (χ1n) is 14.1. The van der Waals surface area contributed by atoms with E-state index < -0.39 is 11.9 Å². The number of benzene rings is 4. The first-order chi connectivity index (χ1) is 20.4. The third-order valence-electron chi connectivity index (χ3n) is 7.94. The van der Waals surface area contributed by atoms with Crippen LogP contribution in [-0.2, 0) is 23.1 Å². The van der Waals surface area contributed by atoms with Crippen LogP contribution >= 0.6 is 0 Å². The molecule has 1 aliphatic heterocycles. The van der Waals surface area contributed by atoms with Crippen molar-refractivity contribution in [1.82, 2.24) is 20.3 Å². The SMILES string of the molecule is Cc1ccc(-c2c(C3c4ccccc4C(=O)N3CC(=O)NNC(=O)CCc3ccccc3)c3ccccc3n2C)cc1. The molecule has 3 amide bonds. The first kappa shape index (κ1) is 27.0. The zero-order chi connectivity index (χ0) is 29.2. The number of hydrazine groups is 1. The third-order valence-corrected chi connectivity index (χ3v) is 7.94. The van der Waals surface area contributed by atoms with Gasteiger partial charge in [-0.2, -0.15) is 0 Å². The van der Waals surface area contributed by atoms with Gasteiger partial charge in [0.1, 0.15) is 6.54 Å². The minimum Gasteiger partial charge on any atom is -0.343 e. The molecule has 0 aliphatic carbocycles. The van der Waals surface area contributed by atoms with Crippen LogP contribution in [0.3, 0.4) is 0 Å². The predicted octanol–water partition coefficient (Wildman–Crippen LogP) is 5.48.